The van der Waals surface area contributed by atoms with Crippen molar-refractivity contribution < 1.29 is 4.39 Å². The molecule has 21 heavy (non-hydrogen) atoms. The topological polar surface area (TPSA) is 12.0 Å². The van der Waals surface area contributed by atoms with Gasteiger partial charge in [-0.3, -0.25) is 0 Å². The smallest absolute Gasteiger partial charge is 0.123 e. The number of halogens is 1. The molecule has 0 aromatic heterocycles. The number of hydrogen-bond donors (Lipinski definition) is 1. The Bertz CT molecular complexity index is 580. The molecule has 0 saturated carbocycles. The van der Waals surface area contributed by atoms with Gasteiger partial charge in [-0.15, -0.1) is 11.8 Å². The maximum atomic E-state index is 12.9. The van der Waals surface area contributed by atoms with Gasteiger partial charge in [0, 0.05) is 16.7 Å². The molecule has 1 nitrogen and oxygen atoms in total. The van der Waals surface area contributed by atoms with Crippen LogP contribution < -0.4 is 5.32 Å². The van der Waals surface area contributed by atoms with Crippen molar-refractivity contribution in [2.24, 2.45) is 0 Å². The summed E-state index contributed by atoms with van der Waals surface area (Å²) < 4.78 is 12.9. The van der Waals surface area contributed by atoms with Gasteiger partial charge in [-0.25, -0.2) is 4.39 Å². The maximum absolute atomic E-state index is 12.9. The Morgan fingerprint density at radius 2 is 1.76 bits per heavy atom. The van der Waals surface area contributed by atoms with Gasteiger partial charge in [0.1, 0.15) is 5.82 Å². The van der Waals surface area contributed by atoms with Gasteiger partial charge < -0.3 is 5.32 Å². The highest BCUT2D eigenvalue weighted by atomic mass is 32.2. The van der Waals surface area contributed by atoms with Crippen molar-refractivity contribution in [1.82, 2.24) is 5.32 Å². The van der Waals surface area contributed by atoms with E-state index in [1.165, 1.54) is 28.8 Å². The second kappa shape index (κ2) is 7.62. The number of aryl methyl sites for hydroxylation is 2. The molecule has 0 aliphatic heterocycles. The zero-order chi connectivity index (χ0) is 15.2. The predicted octanol–water partition coefficient (Wildman–Crippen LogP) is 4.37. The molecule has 2 rings (SSSR count). The summed E-state index contributed by atoms with van der Waals surface area (Å²) >= 11 is 1.76. The van der Waals surface area contributed by atoms with Crippen LogP contribution in [-0.4, -0.2) is 18.8 Å². The number of hydrogen-bond acceptors (Lipinski definition) is 2. The molecule has 0 radical (unpaired) electrons. The second-order valence-electron chi connectivity index (χ2n) is 5.37. The van der Waals surface area contributed by atoms with Gasteiger partial charge >= 0.3 is 0 Å². The van der Waals surface area contributed by atoms with Crippen molar-refractivity contribution in [1.29, 1.82) is 0 Å². The van der Waals surface area contributed by atoms with Crippen LogP contribution in [0.4, 0.5) is 4.39 Å². The maximum Gasteiger partial charge on any atom is 0.123 e. The second-order valence-corrected chi connectivity index (χ2v) is 6.47. The predicted molar refractivity (Wildman–Crippen MR) is 89.6 cm³/mol. The molecule has 1 unspecified atom stereocenters. The lowest BCUT2D eigenvalue weighted by molar-refractivity contribution is 0.616. The van der Waals surface area contributed by atoms with E-state index in [1.54, 1.807) is 11.8 Å². The van der Waals surface area contributed by atoms with Crippen LogP contribution >= 0.6 is 11.8 Å². The van der Waals surface area contributed by atoms with Crippen LogP contribution in [0.3, 0.4) is 0 Å². The van der Waals surface area contributed by atoms with Crippen molar-refractivity contribution in [3.8, 4) is 0 Å². The molecule has 0 amide bonds. The van der Waals surface area contributed by atoms with Crippen LogP contribution in [0.5, 0.6) is 0 Å². The molecule has 2 aromatic rings. The van der Waals surface area contributed by atoms with Crippen LogP contribution in [0.2, 0.25) is 0 Å². The van der Waals surface area contributed by atoms with E-state index in [0.29, 0.717) is 6.04 Å². The third kappa shape index (κ3) is 4.87. The molecule has 0 aliphatic rings. The summed E-state index contributed by atoms with van der Waals surface area (Å²) in [6.45, 7) is 4.29. The quantitative estimate of drug-likeness (QED) is 0.796. The Morgan fingerprint density at radius 1 is 1.05 bits per heavy atom. The number of nitrogens with one attached hydrogen (secondary N) is 1. The fraction of sp³-hybridized carbons (Fsp3) is 0.333. The van der Waals surface area contributed by atoms with Crippen molar-refractivity contribution in [2.75, 3.05) is 12.8 Å². The summed E-state index contributed by atoms with van der Waals surface area (Å²) in [5, 5.41) is 3.37. The molecule has 0 fully saturated rings. The number of likely N-dealkylation sites (N-methyl/N-ethyl adjacent to an activating group) is 1. The summed E-state index contributed by atoms with van der Waals surface area (Å²) in [5.41, 5.74) is 4.03. The average molecular weight is 303 g/mol. The van der Waals surface area contributed by atoms with E-state index in [2.05, 4.69) is 37.4 Å². The SMILES string of the molecule is CNC(CSc1ccc(F)cc1)Cc1ccc(C)c(C)c1. The van der Waals surface area contributed by atoms with Gasteiger partial charge in [-0.2, -0.15) is 0 Å². The van der Waals surface area contributed by atoms with E-state index in [0.717, 1.165) is 17.1 Å². The van der Waals surface area contributed by atoms with Gasteiger partial charge in [0.25, 0.3) is 0 Å². The highest BCUT2D eigenvalue weighted by molar-refractivity contribution is 7.99. The first-order valence-electron chi connectivity index (χ1n) is 7.20. The molecule has 0 spiro atoms. The molecular formula is C18H22FNS. The number of benzene rings is 2. The third-order valence-corrected chi connectivity index (χ3v) is 4.90. The van der Waals surface area contributed by atoms with Crippen LogP contribution in [0, 0.1) is 19.7 Å². The molecule has 0 heterocycles. The van der Waals surface area contributed by atoms with Crippen molar-refractivity contribution >= 4 is 11.8 Å². The van der Waals surface area contributed by atoms with Crippen molar-refractivity contribution in [2.45, 2.75) is 31.2 Å². The van der Waals surface area contributed by atoms with E-state index in [4.69, 9.17) is 0 Å². The van der Waals surface area contributed by atoms with E-state index >= 15 is 0 Å². The minimum absolute atomic E-state index is 0.181. The molecule has 1 atom stereocenters. The first-order valence-corrected chi connectivity index (χ1v) is 8.19. The van der Waals surface area contributed by atoms with Gasteiger partial charge in [-0.1, -0.05) is 18.2 Å². The standard InChI is InChI=1S/C18H22FNS/c1-13-4-5-15(10-14(13)2)11-17(20-3)12-21-18-8-6-16(19)7-9-18/h4-10,17,20H,11-12H2,1-3H3. The molecule has 3 heteroatoms. The van der Waals surface area contributed by atoms with Gasteiger partial charge in [0.15, 0.2) is 0 Å². The van der Waals surface area contributed by atoms with Crippen LogP contribution in [0.1, 0.15) is 16.7 Å². The Morgan fingerprint density at radius 3 is 2.38 bits per heavy atom. The molecule has 0 saturated heterocycles. The van der Waals surface area contributed by atoms with Gasteiger partial charge in [0.2, 0.25) is 0 Å². The highest BCUT2D eigenvalue weighted by Gasteiger charge is 2.09. The minimum atomic E-state index is -0.181. The number of rotatable bonds is 6. The summed E-state index contributed by atoms with van der Waals surface area (Å²) in [4.78, 5) is 1.11. The van der Waals surface area contributed by atoms with E-state index in [1.807, 2.05) is 19.2 Å². The minimum Gasteiger partial charge on any atom is -0.316 e. The summed E-state index contributed by atoms with van der Waals surface area (Å²) in [5.74, 6) is 0.786. The summed E-state index contributed by atoms with van der Waals surface area (Å²) in [7, 11) is 2.00. The number of thioether (sulfide) groups is 1. The Labute approximate surface area is 131 Å². The average Bonchev–Trinajstić information content (AvgIpc) is 2.49. The van der Waals surface area contributed by atoms with E-state index in [-0.39, 0.29) is 5.82 Å². The Hall–Kier alpha value is -1.32. The molecule has 2 aromatic carbocycles. The summed E-state index contributed by atoms with van der Waals surface area (Å²) in [6.07, 6.45) is 1.01. The highest BCUT2D eigenvalue weighted by Crippen LogP contribution is 2.20. The largest absolute Gasteiger partial charge is 0.316 e. The van der Waals surface area contributed by atoms with Crippen LogP contribution in [-0.2, 0) is 6.42 Å². The van der Waals surface area contributed by atoms with Gasteiger partial charge in [0.05, 0.1) is 0 Å². The fourth-order valence-electron chi connectivity index (χ4n) is 2.19. The van der Waals surface area contributed by atoms with E-state index in [9.17, 15) is 4.39 Å². The monoisotopic (exact) mass is 303 g/mol. The lowest BCUT2D eigenvalue weighted by Crippen LogP contribution is -2.30. The zero-order valence-corrected chi connectivity index (χ0v) is 13.6. The van der Waals surface area contributed by atoms with Crippen molar-refractivity contribution in [3.63, 3.8) is 0 Å². The Kier molecular flexibility index (Phi) is 5.83. The lowest BCUT2D eigenvalue weighted by Gasteiger charge is -2.16. The third-order valence-electron chi connectivity index (χ3n) is 3.73. The zero-order valence-electron chi connectivity index (χ0n) is 12.8. The fourth-order valence-corrected chi connectivity index (χ4v) is 3.19. The molecule has 112 valence electrons. The molecular weight excluding hydrogens is 281 g/mol. The lowest BCUT2D eigenvalue weighted by atomic mass is 10.0. The molecule has 0 aliphatic carbocycles. The van der Waals surface area contributed by atoms with Crippen LogP contribution in [0.25, 0.3) is 0 Å². The van der Waals surface area contributed by atoms with E-state index < -0.39 is 0 Å². The Balaban J connectivity index is 1.93. The van der Waals surface area contributed by atoms with Crippen molar-refractivity contribution in [3.05, 3.63) is 65.0 Å². The first-order chi connectivity index (χ1) is 10.1. The first kappa shape index (κ1) is 16.1. The van der Waals surface area contributed by atoms with Crippen LogP contribution in [0.15, 0.2) is 47.4 Å². The summed E-state index contributed by atoms with van der Waals surface area (Å²) in [6, 6.07) is 13.8. The van der Waals surface area contributed by atoms with Gasteiger partial charge in [-0.05, 0) is 68.3 Å². The normalized spacial score (nSPS) is 12.4. The molecule has 0 bridgehead atoms. The molecule has 1 N–H and O–H groups in total.